The van der Waals surface area contributed by atoms with Gasteiger partial charge in [-0.2, -0.15) is 0 Å². The van der Waals surface area contributed by atoms with Crippen LogP contribution in [-0.2, 0) is 21.2 Å². The molecule has 0 aromatic heterocycles. The van der Waals surface area contributed by atoms with Gasteiger partial charge in [0.2, 0.25) is 5.91 Å². The zero-order valence-electron chi connectivity index (χ0n) is 18.8. The Morgan fingerprint density at radius 2 is 1.53 bits per heavy atom. The van der Waals surface area contributed by atoms with Gasteiger partial charge < -0.3 is 5.32 Å². The number of amides is 1. The van der Waals surface area contributed by atoms with Crippen LogP contribution >= 0.6 is 0 Å². The second kappa shape index (κ2) is 10.5. The van der Waals surface area contributed by atoms with E-state index >= 15 is 0 Å². The Labute approximate surface area is 191 Å². The van der Waals surface area contributed by atoms with Gasteiger partial charge in [-0.05, 0) is 49.1 Å². The number of nitrogens with one attached hydrogen (secondary N) is 1. The van der Waals surface area contributed by atoms with Crippen molar-refractivity contribution in [2.75, 3.05) is 10.8 Å². The van der Waals surface area contributed by atoms with E-state index in [2.05, 4.69) is 5.32 Å². The van der Waals surface area contributed by atoms with Crippen LogP contribution in [0.4, 0.5) is 5.69 Å². The van der Waals surface area contributed by atoms with Crippen LogP contribution in [-0.4, -0.2) is 20.9 Å². The van der Waals surface area contributed by atoms with E-state index in [1.807, 2.05) is 63.2 Å². The summed E-state index contributed by atoms with van der Waals surface area (Å²) < 4.78 is 28.5. The minimum absolute atomic E-state index is 0.164. The van der Waals surface area contributed by atoms with E-state index in [0.717, 1.165) is 16.7 Å². The number of nitrogens with zero attached hydrogens (tertiary/aromatic N) is 1. The Hall–Kier alpha value is -3.12. The van der Waals surface area contributed by atoms with E-state index < -0.39 is 10.0 Å². The van der Waals surface area contributed by atoms with Gasteiger partial charge in [0.1, 0.15) is 6.54 Å². The average Bonchev–Trinajstić information content (AvgIpc) is 2.81. The van der Waals surface area contributed by atoms with Crippen molar-refractivity contribution in [1.82, 2.24) is 5.32 Å². The molecule has 168 valence electrons. The maximum absolute atomic E-state index is 13.6. The van der Waals surface area contributed by atoms with Crippen LogP contribution < -0.4 is 9.62 Å². The fraction of sp³-hybridized carbons (Fsp3) is 0.269. The molecule has 3 rings (SSSR count). The number of anilines is 1. The lowest BCUT2D eigenvalue weighted by atomic mass is 10.0. The number of hydrogen-bond donors (Lipinski definition) is 1. The van der Waals surface area contributed by atoms with Crippen molar-refractivity contribution in [3.05, 3.63) is 95.6 Å². The van der Waals surface area contributed by atoms with Gasteiger partial charge in [-0.3, -0.25) is 9.10 Å². The SMILES string of the molecule is CCc1ccccc1N(CC(=O)N[C@@H](CC)c1ccccc1)S(=O)(=O)c1ccc(C)cc1. The van der Waals surface area contributed by atoms with Crippen LogP contribution in [0.25, 0.3) is 0 Å². The second-order valence-corrected chi connectivity index (χ2v) is 9.61. The fourth-order valence-corrected chi connectivity index (χ4v) is 5.13. The van der Waals surface area contributed by atoms with E-state index in [0.29, 0.717) is 18.5 Å². The monoisotopic (exact) mass is 450 g/mol. The molecule has 0 spiro atoms. The number of para-hydroxylation sites is 1. The molecule has 3 aromatic rings. The minimum Gasteiger partial charge on any atom is -0.348 e. The fourth-order valence-electron chi connectivity index (χ4n) is 3.67. The van der Waals surface area contributed by atoms with Crippen LogP contribution in [0.2, 0.25) is 0 Å². The number of benzene rings is 3. The summed E-state index contributed by atoms with van der Waals surface area (Å²) in [6.45, 7) is 5.57. The summed E-state index contributed by atoms with van der Waals surface area (Å²) in [6.07, 6.45) is 1.35. The summed E-state index contributed by atoms with van der Waals surface area (Å²) in [5.41, 5.74) is 3.35. The molecule has 32 heavy (non-hydrogen) atoms. The highest BCUT2D eigenvalue weighted by atomic mass is 32.2. The molecule has 6 heteroatoms. The number of sulfonamides is 1. The van der Waals surface area contributed by atoms with Crippen LogP contribution in [0.3, 0.4) is 0 Å². The van der Waals surface area contributed by atoms with Gasteiger partial charge in [0.05, 0.1) is 16.6 Å². The molecule has 0 aliphatic rings. The molecule has 0 aliphatic heterocycles. The lowest BCUT2D eigenvalue weighted by Gasteiger charge is -2.27. The quantitative estimate of drug-likeness (QED) is 0.498. The molecule has 0 fully saturated rings. The summed E-state index contributed by atoms with van der Waals surface area (Å²) >= 11 is 0. The molecule has 0 bridgehead atoms. The predicted octanol–water partition coefficient (Wildman–Crippen LogP) is 5.02. The van der Waals surface area contributed by atoms with Crippen LogP contribution in [0.5, 0.6) is 0 Å². The van der Waals surface area contributed by atoms with Gasteiger partial charge in [0.15, 0.2) is 0 Å². The lowest BCUT2D eigenvalue weighted by Crippen LogP contribution is -2.42. The van der Waals surface area contributed by atoms with Crippen molar-refractivity contribution < 1.29 is 13.2 Å². The number of rotatable bonds is 9. The van der Waals surface area contributed by atoms with Crippen molar-refractivity contribution in [1.29, 1.82) is 0 Å². The summed E-state index contributed by atoms with van der Waals surface area (Å²) in [6, 6.07) is 23.5. The molecule has 5 nitrogen and oxygen atoms in total. The first-order chi connectivity index (χ1) is 15.4. The molecule has 0 radical (unpaired) electrons. The average molecular weight is 451 g/mol. The standard InChI is InChI=1S/C26H30N2O3S/c1-4-21-11-9-10-14-25(21)28(32(30,31)23-17-15-20(3)16-18-23)19-26(29)27-24(5-2)22-12-7-6-8-13-22/h6-18,24H,4-5,19H2,1-3H3,(H,27,29)/t24-/m0/s1. The maximum atomic E-state index is 13.6. The van der Waals surface area contributed by atoms with E-state index in [9.17, 15) is 13.2 Å². The Morgan fingerprint density at radius 3 is 2.16 bits per heavy atom. The Morgan fingerprint density at radius 1 is 0.906 bits per heavy atom. The Kier molecular flexibility index (Phi) is 7.70. The smallest absolute Gasteiger partial charge is 0.264 e. The summed E-state index contributed by atoms with van der Waals surface area (Å²) in [5.74, 6) is -0.345. The van der Waals surface area contributed by atoms with E-state index in [1.165, 1.54) is 4.31 Å². The summed E-state index contributed by atoms with van der Waals surface area (Å²) in [7, 11) is -3.93. The Balaban J connectivity index is 1.96. The van der Waals surface area contributed by atoms with Gasteiger partial charge in [0, 0.05) is 0 Å². The number of carbonyl (C=O) groups excluding carboxylic acids is 1. The molecule has 1 atom stereocenters. The van der Waals surface area contributed by atoms with Crippen molar-refractivity contribution in [2.45, 2.75) is 44.6 Å². The van der Waals surface area contributed by atoms with Crippen molar-refractivity contribution in [3.63, 3.8) is 0 Å². The third-order valence-electron chi connectivity index (χ3n) is 5.48. The molecule has 3 aromatic carbocycles. The third-order valence-corrected chi connectivity index (χ3v) is 7.26. The molecule has 0 heterocycles. The van der Waals surface area contributed by atoms with Crippen molar-refractivity contribution >= 4 is 21.6 Å². The highest BCUT2D eigenvalue weighted by Crippen LogP contribution is 2.28. The van der Waals surface area contributed by atoms with Crippen molar-refractivity contribution in [2.24, 2.45) is 0 Å². The highest BCUT2D eigenvalue weighted by molar-refractivity contribution is 7.92. The van der Waals surface area contributed by atoms with Crippen LogP contribution in [0.15, 0.2) is 83.8 Å². The first-order valence-electron chi connectivity index (χ1n) is 10.9. The first-order valence-corrected chi connectivity index (χ1v) is 12.3. The second-order valence-electron chi connectivity index (χ2n) is 7.75. The molecule has 1 amide bonds. The number of aryl methyl sites for hydroxylation is 2. The topological polar surface area (TPSA) is 66.5 Å². The third kappa shape index (κ3) is 5.37. The van der Waals surface area contributed by atoms with Gasteiger partial charge in [0.25, 0.3) is 10.0 Å². The van der Waals surface area contributed by atoms with Gasteiger partial charge in [-0.1, -0.05) is 80.1 Å². The largest absolute Gasteiger partial charge is 0.348 e. The van der Waals surface area contributed by atoms with E-state index in [1.54, 1.807) is 36.4 Å². The first kappa shape index (κ1) is 23.5. The van der Waals surface area contributed by atoms with Crippen LogP contribution in [0.1, 0.15) is 43.0 Å². The summed E-state index contributed by atoms with van der Waals surface area (Å²) in [5, 5.41) is 3.01. The molecular formula is C26H30N2O3S. The van der Waals surface area contributed by atoms with Gasteiger partial charge in [-0.25, -0.2) is 8.42 Å². The maximum Gasteiger partial charge on any atom is 0.264 e. The van der Waals surface area contributed by atoms with Crippen molar-refractivity contribution in [3.8, 4) is 0 Å². The van der Waals surface area contributed by atoms with E-state index in [4.69, 9.17) is 0 Å². The molecule has 0 aliphatic carbocycles. The molecular weight excluding hydrogens is 420 g/mol. The predicted molar refractivity (Wildman–Crippen MR) is 129 cm³/mol. The molecule has 0 unspecified atom stereocenters. The normalized spacial score (nSPS) is 12.2. The molecule has 0 saturated carbocycles. The number of hydrogen-bond acceptors (Lipinski definition) is 3. The zero-order chi connectivity index (χ0) is 23.1. The highest BCUT2D eigenvalue weighted by Gasteiger charge is 2.29. The lowest BCUT2D eigenvalue weighted by molar-refractivity contribution is -0.120. The minimum atomic E-state index is -3.93. The summed E-state index contributed by atoms with van der Waals surface area (Å²) in [4.78, 5) is 13.2. The zero-order valence-corrected chi connectivity index (χ0v) is 19.6. The molecule has 0 saturated heterocycles. The molecule has 1 N–H and O–H groups in total. The van der Waals surface area contributed by atoms with Gasteiger partial charge in [-0.15, -0.1) is 0 Å². The van der Waals surface area contributed by atoms with Crippen LogP contribution in [0, 0.1) is 6.92 Å². The Bertz CT molecular complexity index is 1140. The van der Waals surface area contributed by atoms with Gasteiger partial charge >= 0.3 is 0 Å². The van der Waals surface area contributed by atoms with E-state index in [-0.39, 0.29) is 23.4 Å². The number of carbonyl (C=O) groups is 1.